The molecule has 0 saturated carbocycles. The summed E-state index contributed by atoms with van der Waals surface area (Å²) in [7, 11) is 0. The number of aryl methyl sites for hydroxylation is 1. The highest BCUT2D eigenvalue weighted by molar-refractivity contribution is 9.10. The second kappa shape index (κ2) is 8.65. The molecule has 0 radical (unpaired) electrons. The van der Waals surface area contributed by atoms with Crippen LogP contribution in [0.25, 0.3) is 11.3 Å². The van der Waals surface area contributed by atoms with Gasteiger partial charge in [-0.3, -0.25) is 4.79 Å². The van der Waals surface area contributed by atoms with Crippen LogP contribution in [0.4, 0.5) is 5.69 Å². The predicted molar refractivity (Wildman–Crippen MR) is 110 cm³/mol. The number of anilines is 1. The predicted octanol–water partition coefficient (Wildman–Crippen LogP) is 6.00. The van der Waals surface area contributed by atoms with Gasteiger partial charge >= 0.3 is 0 Å². The van der Waals surface area contributed by atoms with E-state index in [-0.39, 0.29) is 5.91 Å². The number of hydrogen-bond acceptors (Lipinski definition) is 4. The van der Waals surface area contributed by atoms with Crippen LogP contribution in [0.3, 0.4) is 0 Å². The number of aromatic nitrogens is 1. The first-order valence-electron chi connectivity index (χ1n) is 7.81. The highest BCUT2D eigenvalue weighted by Gasteiger charge is 2.07. The molecule has 0 unspecified atom stereocenters. The molecule has 25 heavy (non-hydrogen) atoms. The SMILES string of the molecule is Cc1cccc(NC(=O)CCSc2nc(-c3ccc(Br)cc3)cs2)c1. The minimum atomic E-state index is 0.0304. The van der Waals surface area contributed by atoms with E-state index >= 15 is 0 Å². The van der Waals surface area contributed by atoms with Gasteiger partial charge in [-0.25, -0.2) is 4.98 Å². The first-order chi connectivity index (χ1) is 12.1. The molecule has 128 valence electrons. The van der Waals surface area contributed by atoms with Crippen LogP contribution in [0.5, 0.6) is 0 Å². The summed E-state index contributed by atoms with van der Waals surface area (Å²) in [5.41, 5.74) is 4.06. The molecular formula is C19H17BrN2OS2. The van der Waals surface area contributed by atoms with Gasteiger partial charge in [-0.2, -0.15) is 0 Å². The summed E-state index contributed by atoms with van der Waals surface area (Å²) in [5, 5.41) is 4.99. The third kappa shape index (κ3) is 5.42. The van der Waals surface area contributed by atoms with Gasteiger partial charge in [-0.05, 0) is 36.8 Å². The Morgan fingerprint density at radius 3 is 2.80 bits per heavy atom. The highest BCUT2D eigenvalue weighted by Crippen LogP contribution is 2.29. The van der Waals surface area contributed by atoms with E-state index in [9.17, 15) is 4.79 Å². The fraction of sp³-hybridized carbons (Fsp3) is 0.158. The van der Waals surface area contributed by atoms with Gasteiger partial charge < -0.3 is 5.32 Å². The fourth-order valence-corrected chi connectivity index (χ4v) is 4.36. The molecule has 0 saturated heterocycles. The standard InChI is InChI=1S/C19H17BrN2OS2/c1-13-3-2-4-16(11-13)21-18(23)9-10-24-19-22-17(12-25-19)14-5-7-15(20)8-6-14/h2-8,11-12H,9-10H2,1H3,(H,21,23). The summed E-state index contributed by atoms with van der Waals surface area (Å²) in [6, 6.07) is 15.9. The summed E-state index contributed by atoms with van der Waals surface area (Å²) in [4.78, 5) is 16.7. The van der Waals surface area contributed by atoms with Gasteiger partial charge in [0.05, 0.1) is 5.69 Å². The number of nitrogens with zero attached hydrogens (tertiary/aromatic N) is 1. The average molecular weight is 433 g/mol. The van der Waals surface area contributed by atoms with E-state index in [0.29, 0.717) is 12.2 Å². The zero-order valence-electron chi connectivity index (χ0n) is 13.7. The monoisotopic (exact) mass is 432 g/mol. The van der Waals surface area contributed by atoms with E-state index in [1.54, 1.807) is 23.1 Å². The van der Waals surface area contributed by atoms with Crippen molar-refractivity contribution in [3.63, 3.8) is 0 Å². The Morgan fingerprint density at radius 2 is 2.04 bits per heavy atom. The van der Waals surface area contributed by atoms with E-state index in [1.165, 1.54) is 0 Å². The van der Waals surface area contributed by atoms with Crippen molar-refractivity contribution >= 4 is 50.6 Å². The van der Waals surface area contributed by atoms with Gasteiger partial charge in [-0.1, -0.05) is 52.0 Å². The van der Waals surface area contributed by atoms with Crippen LogP contribution in [0.1, 0.15) is 12.0 Å². The minimum Gasteiger partial charge on any atom is -0.326 e. The number of thioether (sulfide) groups is 1. The third-order valence-corrected chi connectivity index (χ3v) is 6.03. The van der Waals surface area contributed by atoms with Crippen molar-refractivity contribution in [3.8, 4) is 11.3 Å². The molecule has 0 aliphatic carbocycles. The normalized spacial score (nSPS) is 10.6. The summed E-state index contributed by atoms with van der Waals surface area (Å²) in [6.07, 6.45) is 0.464. The van der Waals surface area contributed by atoms with Crippen LogP contribution in [-0.2, 0) is 4.79 Å². The molecule has 2 aromatic carbocycles. The number of carbonyl (C=O) groups is 1. The molecule has 0 aliphatic rings. The molecule has 0 bridgehead atoms. The van der Waals surface area contributed by atoms with Gasteiger partial charge in [0, 0.05) is 33.3 Å². The van der Waals surface area contributed by atoms with Crippen molar-refractivity contribution in [1.29, 1.82) is 0 Å². The molecule has 1 amide bonds. The molecule has 3 aromatic rings. The Morgan fingerprint density at radius 1 is 1.24 bits per heavy atom. The molecule has 1 N–H and O–H groups in total. The van der Waals surface area contributed by atoms with Crippen molar-refractivity contribution in [2.45, 2.75) is 17.7 Å². The molecule has 0 spiro atoms. The summed E-state index contributed by atoms with van der Waals surface area (Å²) < 4.78 is 2.04. The minimum absolute atomic E-state index is 0.0304. The number of benzene rings is 2. The molecule has 1 aromatic heterocycles. The Bertz CT molecular complexity index is 862. The molecule has 6 heteroatoms. The van der Waals surface area contributed by atoms with E-state index in [1.807, 2.05) is 55.5 Å². The van der Waals surface area contributed by atoms with Crippen LogP contribution in [-0.4, -0.2) is 16.6 Å². The summed E-state index contributed by atoms with van der Waals surface area (Å²) in [5.74, 6) is 0.744. The number of thiazole rings is 1. The van der Waals surface area contributed by atoms with Crippen molar-refractivity contribution in [2.75, 3.05) is 11.1 Å². The number of nitrogens with one attached hydrogen (secondary N) is 1. The lowest BCUT2D eigenvalue weighted by Gasteiger charge is -2.05. The van der Waals surface area contributed by atoms with Crippen molar-refractivity contribution in [1.82, 2.24) is 4.98 Å². The maximum absolute atomic E-state index is 12.0. The fourth-order valence-electron chi connectivity index (χ4n) is 2.25. The highest BCUT2D eigenvalue weighted by atomic mass is 79.9. The average Bonchev–Trinajstić information content (AvgIpc) is 3.04. The topological polar surface area (TPSA) is 42.0 Å². The second-order valence-electron chi connectivity index (χ2n) is 5.52. The molecule has 0 fully saturated rings. The van der Waals surface area contributed by atoms with E-state index in [2.05, 4.69) is 31.6 Å². The van der Waals surface area contributed by atoms with Crippen molar-refractivity contribution in [3.05, 3.63) is 63.9 Å². The van der Waals surface area contributed by atoms with E-state index in [0.717, 1.165) is 31.3 Å². The van der Waals surface area contributed by atoms with Gasteiger partial charge in [-0.15, -0.1) is 11.3 Å². The van der Waals surface area contributed by atoms with E-state index in [4.69, 9.17) is 0 Å². The zero-order chi connectivity index (χ0) is 17.6. The Hall–Kier alpha value is -1.63. The maximum Gasteiger partial charge on any atom is 0.225 e. The number of rotatable bonds is 6. The number of halogens is 1. The molecule has 3 nitrogen and oxygen atoms in total. The number of amides is 1. The van der Waals surface area contributed by atoms with Crippen LogP contribution < -0.4 is 5.32 Å². The molecular weight excluding hydrogens is 416 g/mol. The smallest absolute Gasteiger partial charge is 0.225 e. The maximum atomic E-state index is 12.0. The molecule has 0 aliphatic heterocycles. The Balaban J connectivity index is 1.49. The number of hydrogen-bond donors (Lipinski definition) is 1. The first-order valence-corrected chi connectivity index (χ1v) is 10.5. The zero-order valence-corrected chi connectivity index (χ0v) is 16.9. The lowest BCUT2D eigenvalue weighted by molar-refractivity contribution is -0.115. The molecule has 3 rings (SSSR count). The van der Waals surface area contributed by atoms with Crippen LogP contribution in [0.2, 0.25) is 0 Å². The first kappa shape index (κ1) is 18.2. The van der Waals surface area contributed by atoms with Crippen LogP contribution in [0, 0.1) is 6.92 Å². The van der Waals surface area contributed by atoms with E-state index < -0.39 is 0 Å². The van der Waals surface area contributed by atoms with Gasteiger partial charge in [0.2, 0.25) is 5.91 Å². The Kier molecular flexibility index (Phi) is 6.29. The second-order valence-corrected chi connectivity index (χ2v) is 8.64. The van der Waals surface area contributed by atoms with Crippen molar-refractivity contribution in [2.24, 2.45) is 0 Å². The molecule has 1 heterocycles. The van der Waals surface area contributed by atoms with Gasteiger partial charge in [0.15, 0.2) is 4.34 Å². The van der Waals surface area contributed by atoms with Gasteiger partial charge in [0.1, 0.15) is 0 Å². The summed E-state index contributed by atoms with van der Waals surface area (Å²) >= 11 is 6.67. The van der Waals surface area contributed by atoms with Gasteiger partial charge in [0.25, 0.3) is 0 Å². The quantitative estimate of drug-likeness (QED) is 0.485. The lowest BCUT2D eigenvalue weighted by Crippen LogP contribution is -2.12. The largest absolute Gasteiger partial charge is 0.326 e. The van der Waals surface area contributed by atoms with Crippen molar-refractivity contribution < 1.29 is 4.79 Å². The molecule has 0 atom stereocenters. The number of carbonyl (C=O) groups excluding carboxylic acids is 1. The lowest BCUT2D eigenvalue weighted by atomic mass is 10.2. The third-order valence-electron chi connectivity index (χ3n) is 3.48. The van der Waals surface area contributed by atoms with Crippen LogP contribution >= 0.6 is 39.0 Å². The summed E-state index contributed by atoms with van der Waals surface area (Å²) in [6.45, 7) is 2.01. The Labute approximate surface area is 164 Å². The van der Waals surface area contributed by atoms with Crippen LogP contribution in [0.15, 0.2) is 62.7 Å².